The summed E-state index contributed by atoms with van der Waals surface area (Å²) < 4.78 is 43.8. The van der Waals surface area contributed by atoms with Gasteiger partial charge in [-0.05, 0) is 48.5 Å². The molecule has 1 aliphatic rings. The summed E-state index contributed by atoms with van der Waals surface area (Å²) in [6.45, 7) is 0. The third kappa shape index (κ3) is 5.36. The summed E-state index contributed by atoms with van der Waals surface area (Å²) in [4.78, 5) is 15.9. The standard InChI is InChI=1S/C20H14F3N3O2/c21-20(22,23)14-3-1-4-16(13-14)26-19(27)25-15-6-8-18(9-7-15)28-17-5-2-11-24-12-10-17/h1,3-13H,(H2,25,26,27). The number of rotatable bonds is 4. The monoisotopic (exact) mass is 385 g/mol. The maximum absolute atomic E-state index is 12.7. The first-order valence-corrected chi connectivity index (χ1v) is 8.08. The number of urea groups is 1. The second-order valence-electron chi connectivity index (χ2n) is 5.59. The zero-order valence-corrected chi connectivity index (χ0v) is 14.3. The maximum atomic E-state index is 12.7. The van der Waals surface area contributed by atoms with Gasteiger partial charge >= 0.3 is 12.2 Å². The summed E-state index contributed by atoms with van der Waals surface area (Å²) in [6, 6.07) is 10.2. The molecule has 1 heterocycles. The van der Waals surface area contributed by atoms with Crippen LogP contribution in [0, 0.1) is 0 Å². The Labute approximate surface area is 158 Å². The van der Waals surface area contributed by atoms with Crippen LogP contribution in [0.5, 0.6) is 5.75 Å². The number of hydrogen-bond donors (Lipinski definition) is 2. The lowest BCUT2D eigenvalue weighted by molar-refractivity contribution is -0.137. The minimum Gasteiger partial charge on any atom is -0.457 e. The van der Waals surface area contributed by atoms with Crippen molar-refractivity contribution in [3.05, 3.63) is 83.9 Å². The van der Waals surface area contributed by atoms with Gasteiger partial charge in [0, 0.05) is 23.7 Å². The van der Waals surface area contributed by atoms with E-state index < -0.39 is 17.8 Å². The molecule has 1 aliphatic heterocycles. The number of hydrogen-bond acceptors (Lipinski definition) is 3. The molecule has 2 aromatic rings. The molecule has 0 saturated carbocycles. The first-order valence-electron chi connectivity index (χ1n) is 8.08. The predicted molar refractivity (Wildman–Crippen MR) is 100 cm³/mol. The van der Waals surface area contributed by atoms with Gasteiger partial charge in [-0.3, -0.25) is 4.99 Å². The number of halogens is 3. The number of nitrogens with zero attached hydrogens (tertiary/aromatic N) is 1. The molecular weight excluding hydrogens is 371 g/mol. The average molecular weight is 385 g/mol. The quantitative estimate of drug-likeness (QED) is 0.696. The summed E-state index contributed by atoms with van der Waals surface area (Å²) in [6.07, 6.45) is 1.89. The second kappa shape index (κ2) is 8.28. The SMILES string of the molecule is O=C(Nc1ccc(OC2=CC=NC=C=C2)cc1)Nc1cccc(C(F)(F)F)c1. The lowest BCUT2D eigenvalue weighted by Gasteiger charge is -2.11. The summed E-state index contributed by atoms with van der Waals surface area (Å²) in [5.74, 6) is 1.07. The van der Waals surface area contributed by atoms with Crippen molar-refractivity contribution in [1.29, 1.82) is 0 Å². The van der Waals surface area contributed by atoms with Gasteiger partial charge in [0.1, 0.15) is 11.5 Å². The second-order valence-corrected chi connectivity index (χ2v) is 5.59. The van der Waals surface area contributed by atoms with Crippen LogP contribution in [0.4, 0.5) is 29.3 Å². The number of carbonyl (C=O) groups is 1. The van der Waals surface area contributed by atoms with E-state index in [1.54, 1.807) is 42.6 Å². The van der Waals surface area contributed by atoms with Crippen LogP contribution in [0.1, 0.15) is 5.56 Å². The number of anilines is 2. The number of carbonyl (C=O) groups excluding carboxylic acids is 1. The van der Waals surface area contributed by atoms with E-state index in [1.165, 1.54) is 18.3 Å². The normalized spacial score (nSPS) is 12.9. The highest BCUT2D eigenvalue weighted by Gasteiger charge is 2.30. The fourth-order valence-corrected chi connectivity index (χ4v) is 2.24. The van der Waals surface area contributed by atoms with E-state index in [0.29, 0.717) is 17.2 Å². The highest BCUT2D eigenvalue weighted by molar-refractivity contribution is 5.99. The molecular formula is C20H14F3N3O2. The van der Waals surface area contributed by atoms with Crippen molar-refractivity contribution in [2.45, 2.75) is 6.18 Å². The molecule has 0 fully saturated rings. The zero-order valence-electron chi connectivity index (χ0n) is 14.3. The van der Waals surface area contributed by atoms with E-state index in [1.807, 2.05) is 0 Å². The van der Waals surface area contributed by atoms with Crippen molar-refractivity contribution >= 4 is 23.6 Å². The molecule has 2 N–H and O–H groups in total. The topological polar surface area (TPSA) is 62.7 Å². The summed E-state index contributed by atoms with van der Waals surface area (Å²) in [5.41, 5.74) is 2.46. The van der Waals surface area contributed by atoms with Crippen LogP contribution in [-0.4, -0.2) is 12.2 Å². The van der Waals surface area contributed by atoms with Gasteiger partial charge in [-0.15, -0.1) is 0 Å². The molecule has 2 amide bonds. The van der Waals surface area contributed by atoms with Gasteiger partial charge in [-0.2, -0.15) is 13.2 Å². The number of nitrogens with one attached hydrogen (secondary N) is 2. The number of alkyl halides is 3. The minimum atomic E-state index is -4.48. The Balaban J connectivity index is 1.60. The Morgan fingerprint density at radius 3 is 2.54 bits per heavy atom. The van der Waals surface area contributed by atoms with Crippen molar-refractivity contribution in [2.75, 3.05) is 10.6 Å². The molecule has 2 aromatic carbocycles. The number of allylic oxidation sites excluding steroid dienone is 2. The Kier molecular flexibility index (Phi) is 5.62. The largest absolute Gasteiger partial charge is 0.457 e. The van der Waals surface area contributed by atoms with Gasteiger partial charge in [0.2, 0.25) is 0 Å². The van der Waals surface area contributed by atoms with Gasteiger partial charge in [0.05, 0.1) is 11.8 Å². The molecule has 28 heavy (non-hydrogen) atoms. The van der Waals surface area contributed by atoms with E-state index >= 15 is 0 Å². The summed E-state index contributed by atoms with van der Waals surface area (Å²) in [7, 11) is 0. The number of benzene rings is 2. The predicted octanol–water partition coefficient (Wildman–Crippen LogP) is 5.37. The smallest absolute Gasteiger partial charge is 0.416 e. The fourth-order valence-electron chi connectivity index (χ4n) is 2.24. The third-order valence-electron chi connectivity index (χ3n) is 3.50. The van der Waals surface area contributed by atoms with Crippen LogP contribution < -0.4 is 15.4 Å². The Morgan fingerprint density at radius 1 is 1.04 bits per heavy atom. The molecule has 0 aromatic heterocycles. The van der Waals surface area contributed by atoms with Crippen molar-refractivity contribution in [2.24, 2.45) is 4.99 Å². The molecule has 0 atom stereocenters. The summed E-state index contributed by atoms with van der Waals surface area (Å²) >= 11 is 0. The molecule has 0 aliphatic carbocycles. The lowest BCUT2D eigenvalue weighted by atomic mass is 10.2. The first-order chi connectivity index (χ1) is 13.4. The third-order valence-corrected chi connectivity index (χ3v) is 3.50. The first kappa shape index (κ1) is 19.0. The van der Waals surface area contributed by atoms with Gasteiger partial charge in [-0.1, -0.05) is 11.8 Å². The average Bonchev–Trinajstić information content (AvgIpc) is 2.91. The van der Waals surface area contributed by atoms with E-state index in [0.717, 1.165) is 12.1 Å². The highest BCUT2D eigenvalue weighted by atomic mass is 19.4. The molecule has 0 radical (unpaired) electrons. The zero-order chi connectivity index (χ0) is 20.0. The number of ether oxygens (including phenoxy) is 1. The minimum absolute atomic E-state index is 0.0362. The van der Waals surface area contributed by atoms with E-state index in [-0.39, 0.29) is 5.69 Å². The van der Waals surface area contributed by atoms with Crippen LogP contribution >= 0.6 is 0 Å². The van der Waals surface area contributed by atoms with Gasteiger partial charge < -0.3 is 15.4 Å². The molecule has 0 unspecified atom stereocenters. The van der Waals surface area contributed by atoms with Crippen LogP contribution in [-0.2, 0) is 6.18 Å². The number of aliphatic imine (C=N–C) groups is 1. The lowest BCUT2D eigenvalue weighted by Crippen LogP contribution is -2.19. The van der Waals surface area contributed by atoms with Crippen molar-refractivity contribution in [1.82, 2.24) is 0 Å². The maximum Gasteiger partial charge on any atom is 0.416 e. The Hall–Kier alpha value is -3.77. The number of amides is 2. The van der Waals surface area contributed by atoms with Crippen LogP contribution in [0.2, 0.25) is 0 Å². The van der Waals surface area contributed by atoms with E-state index in [4.69, 9.17) is 4.74 Å². The highest BCUT2D eigenvalue weighted by Crippen LogP contribution is 2.30. The molecule has 5 nitrogen and oxygen atoms in total. The van der Waals surface area contributed by atoms with Crippen LogP contribution in [0.15, 0.2) is 83.4 Å². The van der Waals surface area contributed by atoms with Crippen molar-refractivity contribution < 1.29 is 22.7 Å². The van der Waals surface area contributed by atoms with Gasteiger partial charge in [0.25, 0.3) is 0 Å². The van der Waals surface area contributed by atoms with Gasteiger partial charge in [-0.25, -0.2) is 4.79 Å². The van der Waals surface area contributed by atoms with Crippen molar-refractivity contribution in [3.63, 3.8) is 0 Å². The van der Waals surface area contributed by atoms with Gasteiger partial charge in [0.15, 0.2) is 0 Å². The molecule has 0 bridgehead atoms. The molecule has 3 rings (SSSR count). The Bertz CT molecular complexity index is 987. The Morgan fingerprint density at radius 2 is 1.79 bits per heavy atom. The molecule has 0 spiro atoms. The fraction of sp³-hybridized carbons (Fsp3) is 0.0500. The van der Waals surface area contributed by atoms with Crippen molar-refractivity contribution in [3.8, 4) is 5.75 Å². The van der Waals surface area contributed by atoms with E-state index in [2.05, 4.69) is 21.4 Å². The molecule has 0 saturated heterocycles. The molecule has 8 heteroatoms. The summed E-state index contributed by atoms with van der Waals surface area (Å²) in [5, 5.41) is 4.91. The molecule has 142 valence electrons. The van der Waals surface area contributed by atoms with Crippen LogP contribution in [0.3, 0.4) is 0 Å². The van der Waals surface area contributed by atoms with E-state index in [9.17, 15) is 18.0 Å². The van der Waals surface area contributed by atoms with Crippen LogP contribution in [0.25, 0.3) is 0 Å².